The van der Waals surface area contributed by atoms with Crippen LogP contribution >= 0.6 is 0 Å². The van der Waals surface area contributed by atoms with Gasteiger partial charge in [0, 0.05) is 32.3 Å². The van der Waals surface area contributed by atoms with Crippen LogP contribution in [0.25, 0.3) is 0 Å². The fraction of sp³-hybridized carbons (Fsp3) is 0.600. The lowest BCUT2D eigenvalue weighted by Gasteiger charge is -2.31. The van der Waals surface area contributed by atoms with Crippen LogP contribution in [0.5, 0.6) is 0 Å². The highest BCUT2D eigenvalue weighted by Crippen LogP contribution is 2.32. The second-order valence-electron chi connectivity index (χ2n) is 3.97. The third-order valence-electron chi connectivity index (χ3n) is 3.16. The van der Waals surface area contributed by atoms with Crippen molar-refractivity contribution in [3.05, 3.63) is 11.5 Å². The van der Waals surface area contributed by atoms with Gasteiger partial charge in [-0.15, -0.1) is 0 Å². The molecule has 1 unspecified atom stereocenters. The first-order chi connectivity index (χ1) is 6.86. The van der Waals surface area contributed by atoms with Crippen molar-refractivity contribution in [2.24, 2.45) is 10.9 Å². The minimum atomic E-state index is 0.0665. The lowest BCUT2D eigenvalue weighted by Crippen LogP contribution is -2.35. The number of Topliss-reactive ketones (excluding diaryl/α,β-unsaturated/α-hetero) is 1. The average molecular weight is 191 g/mol. The summed E-state index contributed by atoms with van der Waals surface area (Å²) in [5.74, 6) is 1.50. The highest BCUT2D eigenvalue weighted by molar-refractivity contribution is 5.97. The number of ketones is 1. The van der Waals surface area contributed by atoms with Gasteiger partial charge in [-0.05, 0) is 6.42 Å². The Morgan fingerprint density at radius 1 is 1.50 bits per heavy atom. The summed E-state index contributed by atoms with van der Waals surface area (Å²) in [6, 6.07) is 0. The number of carbonyl (C=O) groups excluding carboxylic acids is 1. The maximum Gasteiger partial charge on any atom is 0.147 e. The summed E-state index contributed by atoms with van der Waals surface area (Å²) in [4.78, 5) is 18.3. The minimum Gasteiger partial charge on any atom is -0.368 e. The van der Waals surface area contributed by atoms with Crippen LogP contribution in [-0.2, 0) is 4.79 Å². The van der Waals surface area contributed by atoms with Gasteiger partial charge in [0.15, 0.2) is 0 Å². The smallest absolute Gasteiger partial charge is 0.147 e. The van der Waals surface area contributed by atoms with E-state index in [1.165, 1.54) is 0 Å². The molecule has 0 aliphatic carbocycles. The number of fused-ring (bicyclic) bond motifs is 2. The molecule has 1 fully saturated rings. The topological polar surface area (TPSA) is 44.7 Å². The van der Waals surface area contributed by atoms with Crippen LogP contribution in [0.1, 0.15) is 12.8 Å². The summed E-state index contributed by atoms with van der Waals surface area (Å²) in [6.45, 7) is 3.03. The fourth-order valence-electron chi connectivity index (χ4n) is 2.44. The van der Waals surface area contributed by atoms with Crippen LogP contribution in [0.2, 0.25) is 0 Å². The predicted octanol–water partition coefficient (Wildman–Crippen LogP) is 0.124. The molecule has 0 saturated carbocycles. The van der Waals surface area contributed by atoms with Gasteiger partial charge < -0.3 is 10.2 Å². The second kappa shape index (κ2) is 2.83. The lowest BCUT2D eigenvalue weighted by molar-refractivity contribution is -0.121. The van der Waals surface area contributed by atoms with Gasteiger partial charge in [-0.25, -0.2) is 0 Å². The summed E-state index contributed by atoms with van der Waals surface area (Å²) in [5.41, 5.74) is 0.977. The molecular formula is C10H13N3O. The molecule has 0 radical (unpaired) electrons. The minimum absolute atomic E-state index is 0.0665. The molecule has 3 aliphatic heterocycles. The molecule has 4 nitrogen and oxygen atoms in total. The molecule has 1 atom stereocenters. The van der Waals surface area contributed by atoms with E-state index >= 15 is 0 Å². The molecule has 1 saturated heterocycles. The first-order valence-electron chi connectivity index (χ1n) is 5.14. The van der Waals surface area contributed by atoms with Gasteiger partial charge in [0.1, 0.15) is 11.6 Å². The standard InChI is InChI=1S/C10H13N3O/c14-8-1-3-11-9-7(8)2-5-13-6-4-12-10(9)13/h3,7,12H,1-2,4-6H2. The first kappa shape index (κ1) is 8.03. The Morgan fingerprint density at radius 3 is 3.36 bits per heavy atom. The van der Waals surface area contributed by atoms with Gasteiger partial charge in [-0.2, -0.15) is 0 Å². The number of nitrogens with zero attached hydrogens (tertiary/aromatic N) is 2. The maximum absolute atomic E-state index is 11.6. The monoisotopic (exact) mass is 191 g/mol. The van der Waals surface area contributed by atoms with Gasteiger partial charge >= 0.3 is 0 Å². The highest BCUT2D eigenvalue weighted by atomic mass is 16.1. The zero-order valence-electron chi connectivity index (χ0n) is 7.99. The summed E-state index contributed by atoms with van der Waals surface area (Å²) in [6.07, 6.45) is 3.20. The Morgan fingerprint density at radius 2 is 2.43 bits per heavy atom. The largest absolute Gasteiger partial charge is 0.368 e. The number of aliphatic imine (C=N–C) groups is 1. The van der Waals surface area contributed by atoms with E-state index in [0.29, 0.717) is 12.2 Å². The second-order valence-corrected chi connectivity index (χ2v) is 3.97. The SMILES string of the molecule is O=C1CC=NC2=C3NCCN3CCC12. The molecule has 3 heterocycles. The van der Waals surface area contributed by atoms with Crippen LogP contribution in [0, 0.1) is 5.92 Å². The molecule has 0 amide bonds. The number of rotatable bonds is 0. The van der Waals surface area contributed by atoms with Crippen molar-refractivity contribution < 1.29 is 4.79 Å². The van der Waals surface area contributed by atoms with Crippen LogP contribution in [0.3, 0.4) is 0 Å². The first-order valence-corrected chi connectivity index (χ1v) is 5.14. The predicted molar refractivity (Wildman–Crippen MR) is 52.8 cm³/mol. The molecule has 3 rings (SSSR count). The van der Waals surface area contributed by atoms with E-state index in [1.807, 2.05) is 0 Å². The van der Waals surface area contributed by atoms with E-state index < -0.39 is 0 Å². The Kier molecular flexibility index (Phi) is 1.63. The van der Waals surface area contributed by atoms with Gasteiger partial charge in [-0.1, -0.05) is 0 Å². The van der Waals surface area contributed by atoms with Crippen molar-refractivity contribution in [1.82, 2.24) is 10.2 Å². The normalized spacial score (nSPS) is 30.1. The zero-order valence-corrected chi connectivity index (χ0v) is 7.99. The summed E-state index contributed by atoms with van der Waals surface area (Å²) in [7, 11) is 0. The van der Waals surface area contributed by atoms with Crippen LogP contribution in [0.4, 0.5) is 0 Å². The highest BCUT2D eigenvalue weighted by Gasteiger charge is 2.35. The quantitative estimate of drug-likeness (QED) is 0.591. The van der Waals surface area contributed by atoms with Crippen molar-refractivity contribution in [2.75, 3.05) is 19.6 Å². The van der Waals surface area contributed by atoms with Gasteiger partial charge in [-0.3, -0.25) is 9.79 Å². The van der Waals surface area contributed by atoms with E-state index in [-0.39, 0.29) is 5.92 Å². The van der Waals surface area contributed by atoms with E-state index in [4.69, 9.17) is 0 Å². The van der Waals surface area contributed by atoms with Crippen molar-refractivity contribution in [3.8, 4) is 0 Å². The molecule has 14 heavy (non-hydrogen) atoms. The lowest BCUT2D eigenvalue weighted by atomic mass is 9.90. The number of hydrogen-bond donors (Lipinski definition) is 1. The van der Waals surface area contributed by atoms with E-state index in [0.717, 1.165) is 37.6 Å². The van der Waals surface area contributed by atoms with Crippen molar-refractivity contribution in [2.45, 2.75) is 12.8 Å². The number of carbonyl (C=O) groups is 1. The maximum atomic E-state index is 11.6. The molecule has 0 aromatic carbocycles. The van der Waals surface area contributed by atoms with E-state index in [1.54, 1.807) is 6.21 Å². The molecule has 4 heteroatoms. The van der Waals surface area contributed by atoms with Gasteiger partial charge in [0.25, 0.3) is 0 Å². The average Bonchev–Trinajstić information content (AvgIpc) is 2.66. The molecule has 0 aromatic heterocycles. The molecule has 74 valence electrons. The van der Waals surface area contributed by atoms with Crippen LogP contribution in [0.15, 0.2) is 16.5 Å². The molecule has 0 spiro atoms. The summed E-state index contributed by atoms with van der Waals surface area (Å²) >= 11 is 0. The van der Waals surface area contributed by atoms with Crippen LogP contribution < -0.4 is 5.32 Å². The zero-order chi connectivity index (χ0) is 9.54. The third kappa shape index (κ3) is 0.997. The third-order valence-corrected chi connectivity index (χ3v) is 3.16. The molecule has 0 aromatic rings. The molecule has 0 bridgehead atoms. The Hall–Kier alpha value is -1.32. The Balaban J connectivity index is 2.07. The van der Waals surface area contributed by atoms with E-state index in [9.17, 15) is 4.79 Å². The van der Waals surface area contributed by atoms with Gasteiger partial charge in [0.05, 0.1) is 11.6 Å². The molecular weight excluding hydrogens is 178 g/mol. The Labute approximate surface area is 82.7 Å². The Bertz CT molecular complexity index is 345. The number of allylic oxidation sites excluding steroid dienone is 1. The number of hydrogen-bond acceptors (Lipinski definition) is 4. The summed E-state index contributed by atoms with van der Waals surface area (Å²) < 4.78 is 0. The van der Waals surface area contributed by atoms with Crippen LogP contribution in [-0.4, -0.2) is 36.5 Å². The van der Waals surface area contributed by atoms with Crippen molar-refractivity contribution >= 4 is 12.0 Å². The fourth-order valence-corrected chi connectivity index (χ4v) is 2.44. The van der Waals surface area contributed by atoms with E-state index in [2.05, 4.69) is 15.2 Å². The molecule has 1 N–H and O–H groups in total. The van der Waals surface area contributed by atoms with Gasteiger partial charge in [0.2, 0.25) is 0 Å². The number of nitrogens with one attached hydrogen (secondary N) is 1. The molecule has 3 aliphatic rings. The van der Waals surface area contributed by atoms with Crippen molar-refractivity contribution in [1.29, 1.82) is 0 Å². The summed E-state index contributed by atoms with van der Waals surface area (Å²) in [5, 5.41) is 3.32. The van der Waals surface area contributed by atoms with Crippen molar-refractivity contribution in [3.63, 3.8) is 0 Å².